The summed E-state index contributed by atoms with van der Waals surface area (Å²) < 4.78 is 16.6. The van der Waals surface area contributed by atoms with Crippen LogP contribution in [-0.4, -0.2) is 37.2 Å². The van der Waals surface area contributed by atoms with Crippen LogP contribution in [-0.2, 0) is 28.6 Å². The van der Waals surface area contributed by atoms with E-state index in [0.29, 0.717) is 19.3 Å². The van der Waals surface area contributed by atoms with Gasteiger partial charge < -0.3 is 14.2 Å². The predicted molar refractivity (Wildman–Crippen MR) is 251 cm³/mol. The molecular weight excluding hydrogens is 733 g/mol. The molecule has 0 spiro atoms. The van der Waals surface area contributed by atoms with Crippen molar-refractivity contribution >= 4 is 17.9 Å². The number of hydrogen-bond donors (Lipinski definition) is 0. The summed E-state index contributed by atoms with van der Waals surface area (Å²) in [5.74, 6) is -1.02. The molecule has 0 fully saturated rings. The number of rotatable bonds is 41. The van der Waals surface area contributed by atoms with Crippen LogP contribution in [0.1, 0.15) is 201 Å². The smallest absolute Gasteiger partial charge is 0.306 e. The van der Waals surface area contributed by atoms with E-state index in [4.69, 9.17) is 14.2 Å². The monoisotopic (exact) mass is 819 g/mol. The zero-order valence-electron chi connectivity index (χ0n) is 38.0. The van der Waals surface area contributed by atoms with Gasteiger partial charge in [-0.25, -0.2) is 0 Å². The quantitative estimate of drug-likeness (QED) is 0.0265. The van der Waals surface area contributed by atoms with Gasteiger partial charge >= 0.3 is 17.9 Å². The van der Waals surface area contributed by atoms with Gasteiger partial charge in [0.2, 0.25) is 0 Å². The topological polar surface area (TPSA) is 78.9 Å². The van der Waals surface area contributed by atoms with Crippen molar-refractivity contribution in [3.8, 4) is 0 Å². The van der Waals surface area contributed by atoms with Gasteiger partial charge in [-0.1, -0.05) is 189 Å². The second-order valence-corrected chi connectivity index (χ2v) is 15.3. The van der Waals surface area contributed by atoms with Crippen LogP contribution in [0, 0.1) is 0 Å². The van der Waals surface area contributed by atoms with E-state index in [1.165, 1.54) is 51.4 Å². The zero-order chi connectivity index (χ0) is 43.0. The first-order valence-corrected chi connectivity index (χ1v) is 23.7. The number of ether oxygens (including phenoxy) is 3. The van der Waals surface area contributed by atoms with Gasteiger partial charge in [-0.3, -0.25) is 14.4 Å². The zero-order valence-corrected chi connectivity index (χ0v) is 38.0. The molecule has 1 unspecified atom stereocenters. The number of carbonyl (C=O) groups excluding carboxylic acids is 3. The molecule has 1 atom stereocenters. The second-order valence-electron chi connectivity index (χ2n) is 15.3. The van der Waals surface area contributed by atoms with Gasteiger partial charge in [0.25, 0.3) is 0 Å². The summed E-state index contributed by atoms with van der Waals surface area (Å²) in [6, 6.07) is 0. The third-order valence-corrected chi connectivity index (χ3v) is 9.59. The number of carbonyl (C=O) groups is 3. The molecule has 0 aromatic heterocycles. The van der Waals surface area contributed by atoms with Crippen molar-refractivity contribution < 1.29 is 28.6 Å². The fraction of sp³-hybridized carbons (Fsp3) is 0.642. The molecule has 0 N–H and O–H groups in total. The van der Waals surface area contributed by atoms with E-state index in [1.54, 1.807) is 0 Å². The summed E-state index contributed by atoms with van der Waals surface area (Å²) >= 11 is 0. The van der Waals surface area contributed by atoms with Gasteiger partial charge in [0, 0.05) is 19.3 Å². The van der Waals surface area contributed by atoms with Crippen LogP contribution in [0.2, 0.25) is 0 Å². The highest BCUT2D eigenvalue weighted by Crippen LogP contribution is 2.12. The molecule has 6 nitrogen and oxygen atoms in total. The Bertz CT molecular complexity index is 1220. The fourth-order valence-corrected chi connectivity index (χ4v) is 6.03. The van der Waals surface area contributed by atoms with Crippen LogP contribution in [0.15, 0.2) is 97.2 Å². The Kier molecular flexibility index (Phi) is 44.1. The summed E-state index contributed by atoms with van der Waals surface area (Å²) in [7, 11) is 0. The number of unbranched alkanes of at least 4 members (excludes halogenated alkanes) is 14. The van der Waals surface area contributed by atoms with Gasteiger partial charge in [0.15, 0.2) is 6.10 Å². The molecule has 0 saturated carbocycles. The van der Waals surface area contributed by atoms with Crippen LogP contribution >= 0.6 is 0 Å². The molecule has 0 aromatic carbocycles. The molecule has 0 aromatic rings. The normalized spacial score (nSPS) is 12.9. The first-order valence-electron chi connectivity index (χ1n) is 23.7. The molecule has 0 saturated heterocycles. The summed E-state index contributed by atoms with van der Waals surface area (Å²) in [4.78, 5) is 37.7. The first kappa shape index (κ1) is 55.3. The molecule has 0 aliphatic carbocycles. The van der Waals surface area contributed by atoms with Crippen LogP contribution in [0.25, 0.3) is 0 Å². The van der Waals surface area contributed by atoms with Crippen LogP contribution in [0.4, 0.5) is 0 Å². The Labute approximate surface area is 362 Å². The number of esters is 3. The number of hydrogen-bond acceptors (Lipinski definition) is 6. The van der Waals surface area contributed by atoms with Gasteiger partial charge in [0.1, 0.15) is 13.2 Å². The van der Waals surface area contributed by atoms with Crippen molar-refractivity contribution in [2.75, 3.05) is 13.2 Å². The van der Waals surface area contributed by atoms with E-state index in [9.17, 15) is 14.4 Å². The van der Waals surface area contributed by atoms with Crippen LogP contribution in [0.3, 0.4) is 0 Å². The Hall–Kier alpha value is -3.67. The first-order chi connectivity index (χ1) is 29.0. The Morgan fingerprint density at radius 2 is 0.695 bits per heavy atom. The van der Waals surface area contributed by atoms with Crippen molar-refractivity contribution in [1.29, 1.82) is 0 Å². The molecule has 0 heterocycles. The minimum Gasteiger partial charge on any atom is -0.462 e. The van der Waals surface area contributed by atoms with E-state index in [1.807, 2.05) is 12.2 Å². The average Bonchev–Trinajstić information content (AvgIpc) is 3.23. The molecular formula is C53H86O6. The highest BCUT2D eigenvalue weighted by molar-refractivity contribution is 5.71. The molecule has 0 amide bonds. The lowest BCUT2D eigenvalue weighted by Gasteiger charge is -2.18. The van der Waals surface area contributed by atoms with Gasteiger partial charge in [0.05, 0.1) is 0 Å². The van der Waals surface area contributed by atoms with E-state index < -0.39 is 6.10 Å². The molecule has 0 bridgehead atoms. The maximum Gasteiger partial charge on any atom is 0.306 e. The summed E-state index contributed by atoms with van der Waals surface area (Å²) in [5, 5.41) is 0. The average molecular weight is 819 g/mol. The molecule has 334 valence electrons. The highest BCUT2D eigenvalue weighted by Gasteiger charge is 2.19. The Morgan fingerprint density at radius 1 is 0.356 bits per heavy atom. The van der Waals surface area contributed by atoms with Crippen LogP contribution in [0.5, 0.6) is 0 Å². The van der Waals surface area contributed by atoms with Crippen molar-refractivity contribution in [2.45, 2.75) is 207 Å². The summed E-state index contributed by atoms with van der Waals surface area (Å²) in [6.07, 6.45) is 61.3. The van der Waals surface area contributed by atoms with E-state index in [0.717, 1.165) is 103 Å². The van der Waals surface area contributed by atoms with Gasteiger partial charge in [-0.2, -0.15) is 0 Å². The third kappa shape index (κ3) is 45.3. The SMILES string of the molecule is CC/C=C\C/C=C\C/C=C\C/C=C\C/C=C\C/C=C\CCC(=O)OCC(COC(=O)CCCCCCCCC)OC(=O)CCCCCCC/C=C\C/C=C\CCCCC. The van der Waals surface area contributed by atoms with E-state index >= 15 is 0 Å². The molecule has 59 heavy (non-hydrogen) atoms. The molecule has 6 heteroatoms. The standard InChI is InChI=1S/C53H86O6/c1-4-7-10-13-16-18-20-22-24-25-26-27-29-30-32-34-37-40-43-46-52(55)58-49-50(48-57-51(54)45-42-39-36-15-12-9-6-3)59-53(56)47-44-41-38-35-33-31-28-23-21-19-17-14-11-8-5-2/h7,10,16-19,22-24,26-28,30,32,37,40,50H,4-6,8-9,11-15,20-21,25,29,31,33-36,38-39,41-49H2,1-3H3/b10-7-,18-16-,19-17-,24-22-,27-26-,28-23-,32-30-,40-37-. The van der Waals surface area contributed by atoms with Crippen molar-refractivity contribution in [1.82, 2.24) is 0 Å². The minimum absolute atomic E-state index is 0.107. The maximum atomic E-state index is 12.7. The van der Waals surface area contributed by atoms with Gasteiger partial charge in [-0.15, -0.1) is 0 Å². The molecule has 0 radical (unpaired) electrons. The molecule has 0 rings (SSSR count). The second kappa shape index (κ2) is 47.0. The van der Waals surface area contributed by atoms with Crippen LogP contribution < -0.4 is 0 Å². The lowest BCUT2D eigenvalue weighted by molar-refractivity contribution is -0.166. The Balaban J connectivity index is 4.45. The highest BCUT2D eigenvalue weighted by atomic mass is 16.6. The summed E-state index contributed by atoms with van der Waals surface area (Å²) in [5.41, 5.74) is 0. The third-order valence-electron chi connectivity index (χ3n) is 9.59. The maximum absolute atomic E-state index is 12.7. The minimum atomic E-state index is -0.812. The summed E-state index contributed by atoms with van der Waals surface area (Å²) in [6.45, 7) is 6.35. The largest absolute Gasteiger partial charge is 0.462 e. The van der Waals surface area contributed by atoms with Gasteiger partial charge in [-0.05, 0) is 89.9 Å². The lowest BCUT2D eigenvalue weighted by atomic mass is 10.1. The van der Waals surface area contributed by atoms with E-state index in [2.05, 4.69) is 106 Å². The van der Waals surface area contributed by atoms with Crippen molar-refractivity contribution in [2.24, 2.45) is 0 Å². The molecule has 0 aliphatic heterocycles. The Morgan fingerprint density at radius 3 is 1.17 bits per heavy atom. The molecule has 0 aliphatic rings. The predicted octanol–water partition coefficient (Wildman–Crippen LogP) is 15.4. The van der Waals surface area contributed by atoms with E-state index in [-0.39, 0.29) is 37.5 Å². The lowest BCUT2D eigenvalue weighted by Crippen LogP contribution is -2.30. The number of allylic oxidation sites excluding steroid dienone is 16. The van der Waals surface area contributed by atoms with Crippen molar-refractivity contribution in [3.05, 3.63) is 97.2 Å². The van der Waals surface area contributed by atoms with Crippen molar-refractivity contribution in [3.63, 3.8) is 0 Å². The fourth-order valence-electron chi connectivity index (χ4n) is 6.03.